The van der Waals surface area contributed by atoms with Gasteiger partial charge >= 0.3 is 6.18 Å². The summed E-state index contributed by atoms with van der Waals surface area (Å²) in [6, 6.07) is 24.8. The molecule has 198 valence electrons. The summed E-state index contributed by atoms with van der Waals surface area (Å²) in [5, 5.41) is 12.1. The van der Waals surface area contributed by atoms with Crippen molar-refractivity contribution in [3.8, 4) is 5.69 Å². The summed E-state index contributed by atoms with van der Waals surface area (Å²) in [7, 11) is 0. The number of carbonyl (C=O) groups excluding carboxylic acids is 1. The number of hydrogen-bond acceptors (Lipinski definition) is 4. The number of nitrogens with one attached hydrogen (secondary N) is 1. The number of alkyl halides is 3. The van der Waals surface area contributed by atoms with E-state index in [9.17, 15) is 18.0 Å². The van der Waals surface area contributed by atoms with E-state index in [-0.39, 0.29) is 5.91 Å². The Morgan fingerprint density at radius 2 is 1.58 bits per heavy atom. The number of halogens is 3. The summed E-state index contributed by atoms with van der Waals surface area (Å²) in [5.74, 6) is 1.25. The van der Waals surface area contributed by atoms with Crippen molar-refractivity contribution < 1.29 is 18.0 Å². The van der Waals surface area contributed by atoms with Gasteiger partial charge < -0.3 is 5.32 Å². The van der Waals surface area contributed by atoms with Gasteiger partial charge in [0.05, 0.1) is 11.3 Å². The minimum atomic E-state index is -4.45. The van der Waals surface area contributed by atoms with Crippen molar-refractivity contribution in [3.63, 3.8) is 0 Å². The third kappa shape index (κ3) is 7.95. The van der Waals surface area contributed by atoms with Crippen LogP contribution in [0.2, 0.25) is 0 Å². The van der Waals surface area contributed by atoms with Crippen LogP contribution in [-0.2, 0) is 23.8 Å². The van der Waals surface area contributed by atoms with Crippen molar-refractivity contribution in [2.75, 3.05) is 12.3 Å². The Balaban J connectivity index is 1.35. The molecule has 0 bridgehead atoms. The highest BCUT2D eigenvalue weighted by Crippen LogP contribution is 2.32. The second kappa shape index (κ2) is 13.3. The van der Waals surface area contributed by atoms with Crippen molar-refractivity contribution in [2.45, 2.75) is 43.4 Å². The van der Waals surface area contributed by atoms with Gasteiger partial charge in [-0.1, -0.05) is 78.5 Å². The summed E-state index contributed by atoms with van der Waals surface area (Å²) in [6.07, 6.45) is -1.32. The lowest BCUT2D eigenvalue weighted by Crippen LogP contribution is -2.25. The molecule has 0 aliphatic carbocycles. The third-order valence-corrected chi connectivity index (χ3v) is 6.96. The fourth-order valence-electron chi connectivity index (χ4n) is 4.00. The molecule has 0 fully saturated rings. The molecular formula is C29H29F3N4OS. The maximum Gasteiger partial charge on any atom is 0.416 e. The molecule has 1 amide bonds. The quantitative estimate of drug-likeness (QED) is 0.165. The number of carbonyl (C=O) groups is 1. The smallest absolute Gasteiger partial charge is 0.356 e. The molecule has 0 radical (unpaired) electrons. The second-order valence-electron chi connectivity index (χ2n) is 8.84. The van der Waals surface area contributed by atoms with Gasteiger partial charge in [0.25, 0.3) is 0 Å². The van der Waals surface area contributed by atoms with Gasteiger partial charge in [-0.05, 0) is 48.6 Å². The molecule has 0 atom stereocenters. The molecule has 0 aliphatic heterocycles. The maximum atomic E-state index is 13.4. The molecule has 0 saturated heterocycles. The summed E-state index contributed by atoms with van der Waals surface area (Å²) in [6.45, 7) is 0.599. The lowest BCUT2D eigenvalue weighted by Gasteiger charge is -2.13. The number of nitrogens with zero attached hydrogens (tertiary/aromatic N) is 3. The predicted molar refractivity (Wildman–Crippen MR) is 143 cm³/mol. The van der Waals surface area contributed by atoms with Crippen molar-refractivity contribution in [2.24, 2.45) is 0 Å². The molecule has 1 aromatic heterocycles. The largest absolute Gasteiger partial charge is 0.416 e. The molecule has 9 heteroatoms. The van der Waals surface area contributed by atoms with Crippen LogP contribution < -0.4 is 5.32 Å². The van der Waals surface area contributed by atoms with E-state index in [1.807, 2.05) is 60.7 Å². The van der Waals surface area contributed by atoms with Crippen molar-refractivity contribution >= 4 is 17.7 Å². The minimum Gasteiger partial charge on any atom is -0.356 e. The number of aromatic nitrogens is 3. The normalized spacial score (nSPS) is 11.4. The summed E-state index contributed by atoms with van der Waals surface area (Å²) < 4.78 is 41.9. The fraction of sp³-hybridized carbons (Fsp3) is 0.276. The van der Waals surface area contributed by atoms with E-state index < -0.39 is 11.7 Å². The van der Waals surface area contributed by atoms with Crippen LogP contribution in [0.15, 0.2) is 90.1 Å². The highest BCUT2D eigenvalue weighted by atomic mass is 32.2. The van der Waals surface area contributed by atoms with Crippen molar-refractivity contribution in [1.82, 2.24) is 20.1 Å². The van der Waals surface area contributed by atoms with Crippen LogP contribution >= 0.6 is 11.8 Å². The monoisotopic (exact) mass is 538 g/mol. The van der Waals surface area contributed by atoms with Crippen LogP contribution in [0, 0.1) is 0 Å². The first-order chi connectivity index (χ1) is 18.4. The molecule has 0 saturated carbocycles. The first kappa shape index (κ1) is 27.4. The first-order valence-electron chi connectivity index (χ1n) is 12.5. The van der Waals surface area contributed by atoms with E-state index in [2.05, 4.69) is 15.5 Å². The first-order valence-corrected chi connectivity index (χ1v) is 13.5. The van der Waals surface area contributed by atoms with E-state index in [0.717, 1.165) is 30.5 Å². The average Bonchev–Trinajstić information content (AvgIpc) is 3.31. The molecule has 0 spiro atoms. The molecule has 0 unspecified atom stereocenters. The zero-order chi connectivity index (χ0) is 26.8. The predicted octanol–water partition coefficient (Wildman–Crippen LogP) is 6.50. The van der Waals surface area contributed by atoms with Gasteiger partial charge in [0.15, 0.2) is 5.16 Å². The Bertz CT molecular complexity index is 1310. The Hall–Kier alpha value is -3.59. The molecule has 4 aromatic rings. The molecule has 5 nitrogen and oxygen atoms in total. The average molecular weight is 539 g/mol. The number of thioether (sulfide) groups is 1. The zero-order valence-corrected chi connectivity index (χ0v) is 21.6. The number of hydrogen-bond donors (Lipinski definition) is 1. The number of rotatable bonds is 12. The molecule has 1 heterocycles. The van der Waals surface area contributed by atoms with Crippen molar-refractivity contribution in [1.29, 1.82) is 0 Å². The van der Waals surface area contributed by atoms with Gasteiger partial charge in [0, 0.05) is 25.1 Å². The van der Waals surface area contributed by atoms with E-state index in [1.54, 1.807) is 10.6 Å². The fourth-order valence-corrected chi connectivity index (χ4v) is 4.97. The van der Waals surface area contributed by atoms with Crippen LogP contribution in [0.4, 0.5) is 13.2 Å². The highest BCUT2D eigenvalue weighted by molar-refractivity contribution is 7.99. The van der Waals surface area contributed by atoms with Crippen LogP contribution in [0.3, 0.4) is 0 Å². The summed E-state index contributed by atoms with van der Waals surface area (Å²) >= 11 is 1.43. The zero-order valence-electron chi connectivity index (χ0n) is 20.8. The highest BCUT2D eigenvalue weighted by Gasteiger charge is 2.31. The van der Waals surface area contributed by atoms with E-state index in [4.69, 9.17) is 0 Å². The lowest BCUT2D eigenvalue weighted by molar-refractivity contribution is -0.137. The standard InChI is InChI=1S/C29H29F3N4OS/c30-29(31,32)24-14-9-15-25(21-24)36-26(20-23-12-5-2-6-13-23)34-35-28(36)38-19-8-7-16-27(37)33-18-17-22-10-3-1-4-11-22/h1-6,9-15,21H,7-8,16-20H2,(H,33,37). The maximum absolute atomic E-state index is 13.4. The van der Waals surface area contributed by atoms with Crippen LogP contribution in [0.25, 0.3) is 5.69 Å². The molecule has 1 N–H and O–H groups in total. The number of unbranched alkanes of at least 4 members (excludes halogenated alkanes) is 1. The summed E-state index contributed by atoms with van der Waals surface area (Å²) in [5.41, 5.74) is 1.82. The minimum absolute atomic E-state index is 0.0169. The van der Waals surface area contributed by atoms with Gasteiger partial charge in [-0.15, -0.1) is 10.2 Å². The van der Waals surface area contributed by atoms with Gasteiger partial charge in [-0.2, -0.15) is 13.2 Å². The van der Waals surface area contributed by atoms with Gasteiger partial charge in [-0.3, -0.25) is 9.36 Å². The Labute approximate surface area is 224 Å². The lowest BCUT2D eigenvalue weighted by atomic mass is 10.1. The molecule has 38 heavy (non-hydrogen) atoms. The number of benzene rings is 3. The molecule has 0 aliphatic rings. The van der Waals surface area contributed by atoms with Gasteiger partial charge in [0.2, 0.25) is 5.91 Å². The summed E-state index contributed by atoms with van der Waals surface area (Å²) in [4.78, 5) is 12.2. The van der Waals surface area contributed by atoms with E-state index in [1.165, 1.54) is 23.4 Å². The third-order valence-electron chi connectivity index (χ3n) is 5.95. The Morgan fingerprint density at radius 3 is 2.29 bits per heavy atom. The Morgan fingerprint density at radius 1 is 0.868 bits per heavy atom. The van der Waals surface area contributed by atoms with E-state index in [0.29, 0.717) is 48.2 Å². The van der Waals surface area contributed by atoms with E-state index >= 15 is 0 Å². The molecule has 4 rings (SSSR count). The van der Waals surface area contributed by atoms with Crippen LogP contribution in [-0.4, -0.2) is 33.0 Å². The topological polar surface area (TPSA) is 59.8 Å². The van der Waals surface area contributed by atoms with Crippen LogP contribution in [0.1, 0.15) is 41.8 Å². The number of amides is 1. The SMILES string of the molecule is O=C(CCCCSc1nnc(Cc2ccccc2)n1-c1cccc(C(F)(F)F)c1)NCCc1ccccc1. The molecule has 3 aromatic carbocycles. The van der Waals surface area contributed by atoms with Gasteiger partial charge in [-0.25, -0.2) is 0 Å². The Kier molecular flexibility index (Phi) is 9.59. The van der Waals surface area contributed by atoms with Crippen molar-refractivity contribution in [3.05, 3.63) is 107 Å². The van der Waals surface area contributed by atoms with Crippen LogP contribution in [0.5, 0.6) is 0 Å². The molecular weight excluding hydrogens is 509 g/mol. The van der Waals surface area contributed by atoms with Gasteiger partial charge in [0.1, 0.15) is 5.82 Å². The second-order valence-corrected chi connectivity index (χ2v) is 9.90.